The van der Waals surface area contributed by atoms with Gasteiger partial charge in [-0.15, -0.1) is 0 Å². The van der Waals surface area contributed by atoms with Crippen LogP contribution in [0.2, 0.25) is 0 Å². The molecule has 0 amide bonds. The molecule has 0 aliphatic carbocycles. The molecule has 0 heterocycles. The van der Waals surface area contributed by atoms with Crippen LogP contribution in [0.5, 0.6) is 0 Å². The van der Waals surface area contributed by atoms with Gasteiger partial charge in [-0.1, -0.05) is 47.5 Å². The first kappa shape index (κ1) is 19.0. The molecule has 0 bridgehead atoms. The molecule has 3 nitrogen and oxygen atoms in total. The topological polar surface area (TPSA) is 43.4 Å². The van der Waals surface area contributed by atoms with Crippen LogP contribution in [0.15, 0.2) is 77.7 Å². The molecule has 3 aromatic rings. The molecule has 0 N–H and O–H groups in total. The van der Waals surface area contributed by atoms with Gasteiger partial charge in [0.15, 0.2) is 7.14 Å². The highest BCUT2D eigenvalue weighted by molar-refractivity contribution is 7.86. The SMILES string of the molecule is Cc1ccc([I+](OS(=O)(=O)c2ccccc2F)c2ccc(C)cc2)cc1. The maximum atomic E-state index is 14.0. The number of benzene rings is 3. The fourth-order valence-corrected chi connectivity index (χ4v) is 9.18. The van der Waals surface area contributed by atoms with Crippen LogP contribution < -0.4 is 20.2 Å². The predicted octanol–water partition coefficient (Wildman–Crippen LogP) is 1.43. The van der Waals surface area contributed by atoms with Crippen molar-refractivity contribution < 1.29 is 35.6 Å². The van der Waals surface area contributed by atoms with E-state index in [1.165, 1.54) is 18.2 Å². The molecule has 1 radical (unpaired) electrons. The standard InChI is InChI=1S/C20H18FIO3S/c1-15-7-11-17(12-8-15)22(18-13-9-16(2)10-14-18)25-26(23,24)20-6-4-3-5-19(20)21/h3-14H,1-2H3/q+1. The Hall–Kier alpha value is -1.77. The van der Waals surface area contributed by atoms with Crippen molar-refractivity contribution in [3.05, 3.63) is 96.9 Å². The van der Waals surface area contributed by atoms with Gasteiger partial charge in [0.1, 0.15) is 10.7 Å². The van der Waals surface area contributed by atoms with Gasteiger partial charge in [-0.25, -0.2) is 4.39 Å². The van der Waals surface area contributed by atoms with Crippen LogP contribution in [0, 0.1) is 26.8 Å². The lowest BCUT2D eigenvalue weighted by Gasteiger charge is -2.07. The third kappa shape index (κ3) is 4.31. The minimum Gasteiger partial charge on any atom is -0.205 e. The van der Waals surface area contributed by atoms with Crippen LogP contribution in [-0.4, -0.2) is 8.42 Å². The zero-order valence-corrected chi connectivity index (χ0v) is 17.3. The molecule has 0 aliphatic rings. The van der Waals surface area contributed by atoms with Crippen LogP contribution >= 0.6 is 0 Å². The smallest absolute Gasteiger partial charge is 0.205 e. The summed E-state index contributed by atoms with van der Waals surface area (Å²) in [5, 5.41) is 0. The molecule has 0 aliphatic heterocycles. The average molecular weight is 484 g/mol. The summed E-state index contributed by atoms with van der Waals surface area (Å²) < 4.78 is 46.8. The average Bonchev–Trinajstić information content (AvgIpc) is 2.62. The first-order valence-electron chi connectivity index (χ1n) is 7.90. The Morgan fingerprint density at radius 2 is 1.23 bits per heavy atom. The molecule has 26 heavy (non-hydrogen) atoms. The molecule has 0 spiro atoms. The molecular formula is C20H18FIO3S+. The largest absolute Gasteiger partial charge is 0.339 e. The van der Waals surface area contributed by atoms with Gasteiger partial charge in [-0.3, -0.25) is 0 Å². The minimum atomic E-state index is -4.21. The molecular weight excluding hydrogens is 466 g/mol. The third-order valence-electron chi connectivity index (χ3n) is 3.67. The van der Waals surface area contributed by atoms with E-state index in [1.807, 2.05) is 62.4 Å². The summed E-state index contributed by atoms with van der Waals surface area (Å²) >= 11 is -2.78. The number of halogens is 2. The number of aryl methyl sites for hydroxylation is 2. The Bertz CT molecular complexity index is 954. The zero-order valence-electron chi connectivity index (χ0n) is 14.3. The second kappa shape index (κ2) is 7.85. The molecule has 0 saturated heterocycles. The van der Waals surface area contributed by atoms with Crippen LogP contribution in [0.25, 0.3) is 0 Å². The number of hydrogen-bond acceptors (Lipinski definition) is 3. The second-order valence-corrected chi connectivity index (χ2v) is 12.3. The fourth-order valence-electron chi connectivity index (χ4n) is 2.26. The lowest BCUT2D eigenvalue weighted by molar-refractivity contribution is -1.03. The molecule has 3 aromatic carbocycles. The van der Waals surface area contributed by atoms with E-state index in [1.54, 1.807) is 0 Å². The Morgan fingerprint density at radius 3 is 1.69 bits per heavy atom. The highest BCUT2D eigenvalue weighted by atomic mass is 127. The molecule has 0 saturated carbocycles. The summed E-state index contributed by atoms with van der Waals surface area (Å²) in [7, 11) is -4.21. The van der Waals surface area contributed by atoms with E-state index in [0.717, 1.165) is 24.3 Å². The fraction of sp³-hybridized carbons (Fsp3) is 0.100. The van der Waals surface area contributed by atoms with Gasteiger partial charge in [0, 0.05) is 0 Å². The van der Waals surface area contributed by atoms with Gasteiger partial charge in [0.25, 0.3) is 0 Å². The molecule has 0 unspecified atom stereocenters. The Morgan fingerprint density at radius 1 is 0.769 bits per heavy atom. The molecule has 0 atom stereocenters. The van der Waals surface area contributed by atoms with Crippen molar-refractivity contribution in [3.63, 3.8) is 0 Å². The van der Waals surface area contributed by atoms with Crippen LogP contribution in [0.3, 0.4) is 0 Å². The Labute approximate surface area is 160 Å². The summed E-state index contributed by atoms with van der Waals surface area (Å²) in [6.45, 7) is 3.93. The van der Waals surface area contributed by atoms with Crippen LogP contribution in [0.4, 0.5) is 4.39 Å². The molecule has 6 heteroatoms. The van der Waals surface area contributed by atoms with E-state index in [9.17, 15) is 12.8 Å². The van der Waals surface area contributed by atoms with Gasteiger partial charge in [0.05, 0.1) is 0 Å². The summed E-state index contributed by atoms with van der Waals surface area (Å²) in [4.78, 5) is -0.429. The monoisotopic (exact) mass is 484 g/mol. The number of rotatable bonds is 5. The first-order valence-corrected chi connectivity index (χ1v) is 12.3. The molecule has 135 valence electrons. The third-order valence-corrected chi connectivity index (χ3v) is 11.0. The normalized spacial score (nSPS) is 11.7. The summed E-state index contributed by atoms with van der Waals surface area (Å²) in [6.07, 6.45) is 0. The molecule has 0 fully saturated rings. The van der Waals surface area contributed by atoms with Crippen molar-refractivity contribution in [2.45, 2.75) is 18.7 Å². The van der Waals surface area contributed by atoms with E-state index >= 15 is 0 Å². The van der Waals surface area contributed by atoms with Crippen LogP contribution in [0.1, 0.15) is 11.1 Å². The lowest BCUT2D eigenvalue weighted by Crippen LogP contribution is -3.85. The summed E-state index contributed by atoms with van der Waals surface area (Å²) in [5.74, 6) is -0.809. The van der Waals surface area contributed by atoms with Gasteiger partial charge in [0.2, 0.25) is 0 Å². The summed E-state index contributed by atoms with van der Waals surface area (Å²) in [6, 6.07) is 20.5. The van der Waals surface area contributed by atoms with Crippen molar-refractivity contribution >= 4 is 10.1 Å². The summed E-state index contributed by atoms with van der Waals surface area (Å²) in [5.41, 5.74) is 2.15. The van der Waals surface area contributed by atoms with Gasteiger partial charge in [-0.2, -0.15) is 8.42 Å². The van der Waals surface area contributed by atoms with Crippen molar-refractivity contribution in [2.75, 3.05) is 0 Å². The molecule has 0 aromatic heterocycles. The zero-order chi connectivity index (χ0) is 18.7. The van der Waals surface area contributed by atoms with Gasteiger partial charge in [-0.05, 0) is 52.8 Å². The maximum Gasteiger partial charge on any atom is 0.339 e. The van der Waals surface area contributed by atoms with E-state index in [0.29, 0.717) is 0 Å². The first-order chi connectivity index (χ1) is 12.4. The predicted molar refractivity (Wildman–Crippen MR) is 94.4 cm³/mol. The van der Waals surface area contributed by atoms with Gasteiger partial charge >= 0.3 is 30.4 Å². The maximum absolute atomic E-state index is 14.0. The van der Waals surface area contributed by atoms with Crippen molar-refractivity contribution in [3.8, 4) is 0 Å². The van der Waals surface area contributed by atoms with Crippen molar-refractivity contribution in [1.29, 1.82) is 0 Å². The van der Waals surface area contributed by atoms with E-state index in [-0.39, 0.29) is 0 Å². The van der Waals surface area contributed by atoms with Gasteiger partial charge < -0.3 is 0 Å². The molecule has 3 rings (SSSR count). The van der Waals surface area contributed by atoms with Crippen molar-refractivity contribution in [1.82, 2.24) is 0 Å². The highest BCUT2D eigenvalue weighted by Crippen LogP contribution is 2.14. The second-order valence-electron chi connectivity index (χ2n) is 5.79. The minimum absolute atomic E-state index is 0.429. The van der Waals surface area contributed by atoms with E-state index in [2.05, 4.69) is 0 Å². The van der Waals surface area contributed by atoms with Crippen LogP contribution in [-0.2, 0) is 12.6 Å². The Kier molecular flexibility index (Phi) is 5.74. The highest BCUT2D eigenvalue weighted by Gasteiger charge is 2.38. The van der Waals surface area contributed by atoms with Crippen molar-refractivity contribution in [2.24, 2.45) is 0 Å². The van der Waals surface area contributed by atoms with E-state index in [4.69, 9.17) is 2.51 Å². The Balaban J connectivity index is 2.05. The van der Waals surface area contributed by atoms with E-state index < -0.39 is 41.1 Å². The quantitative estimate of drug-likeness (QED) is 0.515. The lowest BCUT2D eigenvalue weighted by atomic mass is 10.2. The number of hydrogen-bond donors (Lipinski definition) is 0.